The molecule has 0 aliphatic heterocycles. The molecule has 110 valence electrons. The average molecular weight is 351 g/mol. The molecule has 0 saturated heterocycles. The molecule has 6 heteroatoms. The topological polar surface area (TPSA) is 64.4 Å². The molecule has 1 N–H and O–H groups in total. The van der Waals surface area contributed by atoms with Crippen LogP contribution in [0.25, 0.3) is 6.08 Å². The molecule has 0 spiro atoms. The quantitative estimate of drug-likeness (QED) is 0.854. The number of carbonyl (C=O) groups is 1. The number of hydrogen-bond donors (Lipinski definition) is 1. The SMILES string of the molecule is Cc1nn(C)c(C)c1Oc1ccc(/C=C/C(=O)O)c(Br)c1. The molecule has 0 amide bonds. The Morgan fingerprint density at radius 1 is 1.43 bits per heavy atom. The van der Waals surface area contributed by atoms with Crippen LogP contribution in [0.3, 0.4) is 0 Å². The highest BCUT2D eigenvalue weighted by Gasteiger charge is 2.12. The van der Waals surface area contributed by atoms with E-state index in [1.807, 2.05) is 20.9 Å². The van der Waals surface area contributed by atoms with Crippen LogP contribution in [0.15, 0.2) is 28.7 Å². The van der Waals surface area contributed by atoms with Gasteiger partial charge in [0, 0.05) is 17.6 Å². The molecule has 2 aromatic rings. The van der Waals surface area contributed by atoms with Gasteiger partial charge >= 0.3 is 5.97 Å². The summed E-state index contributed by atoms with van der Waals surface area (Å²) < 4.78 is 8.40. The number of carboxylic acids is 1. The van der Waals surface area contributed by atoms with Gasteiger partial charge in [0.15, 0.2) is 5.75 Å². The van der Waals surface area contributed by atoms with Crippen molar-refractivity contribution >= 4 is 28.0 Å². The number of nitrogens with zero attached hydrogens (tertiary/aromatic N) is 2. The Morgan fingerprint density at radius 2 is 2.14 bits per heavy atom. The molecule has 0 fully saturated rings. The Bertz CT molecular complexity index is 720. The van der Waals surface area contributed by atoms with Gasteiger partial charge in [0.25, 0.3) is 0 Å². The van der Waals surface area contributed by atoms with Crippen molar-refractivity contribution < 1.29 is 14.6 Å². The summed E-state index contributed by atoms with van der Waals surface area (Å²) in [4.78, 5) is 10.5. The third-order valence-corrected chi connectivity index (χ3v) is 3.73. The second kappa shape index (κ2) is 6.13. The van der Waals surface area contributed by atoms with Crippen molar-refractivity contribution in [2.24, 2.45) is 7.05 Å². The number of benzene rings is 1. The van der Waals surface area contributed by atoms with Gasteiger partial charge in [-0.05, 0) is 37.6 Å². The van der Waals surface area contributed by atoms with Crippen molar-refractivity contribution in [3.05, 3.63) is 45.7 Å². The number of aromatic nitrogens is 2. The molecule has 1 aromatic carbocycles. The largest absolute Gasteiger partial charge is 0.478 e. The van der Waals surface area contributed by atoms with E-state index >= 15 is 0 Å². The van der Waals surface area contributed by atoms with E-state index in [9.17, 15) is 4.79 Å². The minimum absolute atomic E-state index is 0.661. The van der Waals surface area contributed by atoms with Crippen LogP contribution in [0.5, 0.6) is 11.5 Å². The van der Waals surface area contributed by atoms with Crippen LogP contribution in [0, 0.1) is 13.8 Å². The summed E-state index contributed by atoms with van der Waals surface area (Å²) in [5, 5.41) is 12.9. The first kappa shape index (κ1) is 15.3. The molecular weight excluding hydrogens is 336 g/mol. The third-order valence-electron chi connectivity index (χ3n) is 3.04. The van der Waals surface area contributed by atoms with Gasteiger partial charge in [-0.3, -0.25) is 4.68 Å². The fourth-order valence-corrected chi connectivity index (χ4v) is 2.38. The van der Waals surface area contributed by atoms with Gasteiger partial charge in [-0.2, -0.15) is 5.10 Å². The van der Waals surface area contributed by atoms with Gasteiger partial charge < -0.3 is 9.84 Å². The maximum absolute atomic E-state index is 10.5. The van der Waals surface area contributed by atoms with E-state index in [0.29, 0.717) is 5.75 Å². The summed E-state index contributed by atoms with van der Waals surface area (Å²) in [6.45, 7) is 3.83. The zero-order valence-corrected chi connectivity index (χ0v) is 13.5. The summed E-state index contributed by atoms with van der Waals surface area (Å²) in [5.41, 5.74) is 2.53. The molecule has 0 aliphatic carbocycles. The molecule has 1 aromatic heterocycles. The van der Waals surface area contributed by atoms with Gasteiger partial charge in [-0.15, -0.1) is 0 Å². The Morgan fingerprint density at radius 3 is 2.67 bits per heavy atom. The van der Waals surface area contributed by atoms with Crippen LogP contribution in [-0.2, 0) is 11.8 Å². The van der Waals surface area contributed by atoms with Gasteiger partial charge in [0.1, 0.15) is 11.4 Å². The van der Waals surface area contributed by atoms with Crippen molar-refractivity contribution in [3.8, 4) is 11.5 Å². The number of aryl methyl sites for hydroxylation is 2. The second-order valence-corrected chi connectivity index (χ2v) is 5.43. The number of aliphatic carboxylic acids is 1. The fourth-order valence-electron chi connectivity index (χ4n) is 1.89. The predicted octanol–water partition coefficient (Wildman–Crippen LogP) is 3.69. The lowest BCUT2D eigenvalue weighted by Gasteiger charge is -2.08. The highest BCUT2D eigenvalue weighted by molar-refractivity contribution is 9.10. The van der Waals surface area contributed by atoms with E-state index < -0.39 is 5.97 Å². The first-order valence-corrected chi connectivity index (χ1v) is 7.06. The van der Waals surface area contributed by atoms with Crippen LogP contribution in [0.1, 0.15) is 17.0 Å². The molecule has 0 bridgehead atoms. The molecule has 5 nitrogen and oxygen atoms in total. The van der Waals surface area contributed by atoms with Crippen molar-refractivity contribution in [2.75, 3.05) is 0 Å². The number of hydrogen-bond acceptors (Lipinski definition) is 3. The van der Waals surface area contributed by atoms with E-state index in [1.54, 1.807) is 22.9 Å². The molecule has 0 aliphatic rings. The number of halogens is 1. The van der Waals surface area contributed by atoms with Crippen molar-refractivity contribution in [1.29, 1.82) is 0 Å². The zero-order valence-electron chi connectivity index (χ0n) is 11.9. The molecule has 2 rings (SSSR count). The molecule has 21 heavy (non-hydrogen) atoms. The van der Waals surface area contributed by atoms with Crippen molar-refractivity contribution in [1.82, 2.24) is 9.78 Å². The van der Waals surface area contributed by atoms with Crippen molar-refractivity contribution in [3.63, 3.8) is 0 Å². The van der Waals surface area contributed by atoms with E-state index in [0.717, 1.165) is 33.2 Å². The monoisotopic (exact) mass is 350 g/mol. The Balaban J connectivity index is 2.26. The highest BCUT2D eigenvalue weighted by atomic mass is 79.9. The van der Waals surface area contributed by atoms with Gasteiger partial charge in [-0.25, -0.2) is 4.79 Å². The molecule has 0 saturated carbocycles. The van der Waals surface area contributed by atoms with Crippen LogP contribution >= 0.6 is 15.9 Å². The summed E-state index contributed by atoms with van der Waals surface area (Å²) in [6.07, 6.45) is 2.62. The van der Waals surface area contributed by atoms with Crippen molar-refractivity contribution in [2.45, 2.75) is 13.8 Å². The number of rotatable bonds is 4. The van der Waals surface area contributed by atoms with Crippen LogP contribution in [0.2, 0.25) is 0 Å². The number of ether oxygens (including phenoxy) is 1. The molecular formula is C15H15BrN2O3. The van der Waals surface area contributed by atoms with Crippen LogP contribution in [-0.4, -0.2) is 20.9 Å². The first-order chi connectivity index (χ1) is 9.88. The predicted molar refractivity (Wildman–Crippen MR) is 83.6 cm³/mol. The summed E-state index contributed by atoms with van der Waals surface area (Å²) in [7, 11) is 1.87. The number of carboxylic acid groups (broad SMARTS) is 1. The van der Waals surface area contributed by atoms with Gasteiger partial charge in [0.2, 0.25) is 0 Å². The standard InChI is InChI=1S/C15H15BrN2O3/c1-9-15(10(2)18(3)17-9)21-12-6-4-11(13(16)8-12)5-7-14(19)20/h4-8H,1-3H3,(H,19,20)/b7-5+. The fraction of sp³-hybridized carbons (Fsp3) is 0.200. The van der Waals surface area contributed by atoms with Gasteiger partial charge in [-0.1, -0.05) is 22.0 Å². The summed E-state index contributed by atoms with van der Waals surface area (Å²) in [5.74, 6) is 0.413. The maximum atomic E-state index is 10.5. The Labute approximate surface area is 131 Å². The minimum atomic E-state index is -0.983. The second-order valence-electron chi connectivity index (χ2n) is 4.58. The maximum Gasteiger partial charge on any atom is 0.328 e. The molecule has 0 radical (unpaired) electrons. The van der Waals surface area contributed by atoms with E-state index in [4.69, 9.17) is 9.84 Å². The molecule has 0 atom stereocenters. The first-order valence-electron chi connectivity index (χ1n) is 6.27. The Kier molecular flexibility index (Phi) is 4.47. The summed E-state index contributed by atoms with van der Waals surface area (Å²) in [6, 6.07) is 5.38. The van der Waals surface area contributed by atoms with E-state index in [-0.39, 0.29) is 0 Å². The lowest BCUT2D eigenvalue weighted by Crippen LogP contribution is -1.93. The highest BCUT2D eigenvalue weighted by Crippen LogP contribution is 2.31. The average Bonchev–Trinajstić information content (AvgIpc) is 2.64. The lowest BCUT2D eigenvalue weighted by molar-refractivity contribution is -0.131. The third kappa shape index (κ3) is 3.52. The van der Waals surface area contributed by atoms with Gasteiger partial charge in [0.05, 0.1) is 5.69 Å². The molecule has 1 heterocycles. The zero-order chi connectivity index (χ0) is 15.6. The van der Waals surface area contributed by atoms with Crippen LogP contribution in [0.4, 0.5) is 0 Å². The smallest absolute Gasteiger partial charge is 0.328 e. The van der Waals surface area contributed by atoms with E-state index in [2.05, 4.69) is 21.0 Å². The van der Waals surface area contributed by atoms with Crippen LogP contribution < -0.4 is 4.74 Å². The minimum Gasteiger partial charge on any atom is -0.478 e. The molecule has 0 unspecified atom stereocenters. The summed E-state index contributed by atoms with van der Waals surface area (Å²) >= 11 is 3.41. The van der Waals surface area contributed by atoms with E-state index in [1.165, 1.54) is 6.08 Å². The Hall–Kier alpha value is -2.08. The normalized spacial score (nSPS) is 11.0. The lowest BCUT2D eigenvalue weighted by atomic mass is 10.2.